The van der Waals surface area contributed by atoms with E-state index in [2.05, 4.69) is 22.4 Å². The second-order valence-electron chi connectivity index (χ2n) is 8.22. The highest BCUT2D eigenvalue weighted by molar-refractivity contribution is 5.97. The summed E-state index contributed by atoms with van der Waals surface area (Å²) in [5.41, 5.74) is 1.02. The highest BCUT2D eigenvalue weighted by Gasteiger charge is 2.29. The van der Waals surface area contributed by atoms with Crippen LogP contribution in [0.1, 0.15) is 50.2 Å². The number of pyridine rings is 1. The van der Waals surface area contributed by atoms with Crippen LogP contribution < -0.4 is 10.1 Å². The zero-order valence-corrected chi connectivity index (χ0v) is 19.9. The van der Waals surface area contributed by atoms with Crippen LogP contribution in [0.4, 0.5) is 0 Å². The van der Waals surface area contributed by atoms with Gasteiger partial charge >= 0.3 is 5.97 Å². The van der Waals surface area contributed by atoms with Gasteiger partial charge in [0, 0.05) is 18.9 Å². The molecule has 3 atom stereocenters. The van der Waals surface area contributed by atoms with Crippen molar-refractivity contribution < 1.29 is 28.9 Å². The fraction of sp³-hybridized carbons (Fsp3) is 0.480. The lowest BCUT2D eigenvalue weighted by molar-refractivity contribution is -0.162. The number of ether oxygens (including phenoxy) is 3. The number of carbonyl (C=O) groups is 2. The monoisotopic (exact) mass is 458 g/mol. The molecule has 1 unspecified atom stereocenters. The molecule has 1 aromatic heterocycles. The molecule has 0 aliphatic heterocycles. The van der Waals surface area contributed by atoms with Crippen LogP contribution in [-0.2, 0) is 20.7 Å². The summed E-state index contributed by atoms with van der Waals surface area (Å²) in [6.45, 7) is 7.83. The highest BCUT2D eigenvalue weighted by atomic mass is 16.6. The Kier molecular flexibility index (Phi) is 10.1. The molecule has 33 heavy (non-hydrogen) atoms. The largest absolute Gasteiger partial charge is 0.503 e. The minimum atomic E-state index is -0.948. The van der Waals surface area contributed by atoms with Gasteiger partial charge in [-0.25, -0.2) is 9.78 Å². The average Bonchev–Trinajstić information content (AvgIpc) is 2.80. The molecule has 1 amide bonds. The molecule has 2 aromatic rings. The Hall–Kier alpha value is -3.13. The van der Waals surface area contributed by atoms with Crippen LogP contribution in [0.3, 0.4) is 0 Å². The number of amides is 1. The predicted octanol–water partition coefficient (Wildman–Crippen LogP) is 3.52. The van der Waals surface area contributed by atoms with Crippen LogP contribution in [0, 0.1) is 5.92 Å². The fourth-order valence-electron chi connectivity index (χ4n) is 3.39. The van der Waals surface area contributed by atoms with Crippen LogP contribution in [0.25, 0.3) is 0 Å². The smallest absolute Gasteiger partial charge is 0.328 e. The summed E-state index contributed by atoms with van der Waals surface area (Å²) in [4.78, 5) is 29.0. The first-order valence-electron chi connectivity index (χ1n) is 11.1. The van der Waals surface area contributed by atoms with E-state index in [0.717, 1.165) is 12.8 Å². The Balaban J connectivity index is 1.88. The second-order valence-corrected chi connectivity index (χ2v) is 8.22. The second kappa shape index (κ2) is 12.8. The van der Waals surface area contributed by atoms with Crippen molar-refractivity contribution in [3.05, 3.63) is 53.9 Å². The molecule has 8 nitrogen and oxygen atoms in total. The third kappa shape index (κ3) is 7.75. The first-order chi connectivity index (χ1) is 15.7. The van der Waals surface area contributed by atoms with Crippen LogP contribution >= 0.6 is 0 Å². The lowest BCUT2D eigenvalue weighted by Crippen LogP contribution is -2.44. The molecule has 0 spiro atoms. The molecule has 0 saturated heterocycles. The van der Waals surface area contributed by atoms with Gasteiger partial charge < -0.3 is 24.6 Å². The molecule has 180 valence electrons. The van der Waals surface area contributed by atoms with Gasteiger partial charge in [-0.15, -0.1) is 0 Å². The summed E-state index contributed by atoms with van der Waals surface area (Å²) in [6.07, 6.45) is 2.32. The summed E-state index contributed by atoms with van der Waals surface area (Å²) in [5, 5.41) is 12.6. The van der Waals surface area contributed by atoms with Crippen molar-refractivity contribution in [3.63, 3.8) is 0 Å². The number of nitrogens with one attached hydrogen (secondary N) is 1. The molecule has 0 fully saturated rings. The van der Waals surface area contributed by atoms with Gasteiger partial charge in [-0.05, 0) is 38.2 Å². The maximum Gasteiger partial charge on any atom is 0.328 e. The molecule has 0 aliphatic rings. The standard InChI is InChI=1S/C25H34N2O6/c1-16(2)23(18(4)32-15-9-12-19-10-7-6-8-11-19)33-25(30)17(3)27-24(29)21-22(28)20(31-5)13-14-26-21/h6-8,10-11,13-14,16-18,23,28H,9,12,15H2,1-5H3,(H,27,29)/t17-,18-,23?/m0/s1. The SMILES string of the molecule is COc1ccnc(C(=O)N[C@@H](C)C(=O)OC(C(C)C)[C@H](C)OCCCc2ccccc2)c1O. The number of carbonyl (C=O) groups excluding carboxylic acids is 2. The first kappa shape index (κ1) is 26.1. The van der Waals surface area contributed by atoms with E-state index in [4.69, 9.17) is 14.2 Å². The molecule has 0 bridgehead atoms. The van der Waals surface area contributed by atoms with Gasteiger partial charge in [-0.2, -0.15) is 0 Å². The number of aromatic hydroxyl groups is 1. The molecule has 2 rings (SSSR count). The fourth-order valence-corrected chi connectivity index (χ4v) is 3.39. The highest BCUT2D eigenvalue weighted by Crippen LogP contribution is 2.27. The Labute approximate surface area is 195 Å². The van der Waals surface area contributed by atoms with E-state index in [9.17, 15) is 14.7 Å². The molecule has 0 saturated carbocycles. The van der Waals surface area contributed by atoms with Gasteiger partial charge in [-0.3, -0.25) is 4.79 Å². The van der Waals surface area contributed by atoms with Gasteiger partial charge in [0.2, 0.25) is 0 Å². The summed E-state index contributed by atoms with van der Waals surface area (Å²) in [6, 6.07) is 10.7. The number of esters is 1. The number of nitrogens with zero attached hydrogens (tertiary/aromatic N) is 1. The molecule has 0 aliphatic carbocycles. The minimum absolute atomic E-state index is 0.0186. The number of aromatic nitrogens is 1. The Bertz CT molecular complexity index is 903. The zero-order valence-electron chi connectivity index (χ0n) is 19.9. The molecule has 1 aromatic carbocycles. The van der Waals surface area contributed by atoms with Crippen molar-refractivity contribution in [2.24, 2.45) is 5.92 Å². The third-order valence-corrected chi connectivity index (χ3v) is 5.23. The van der Waals surface area contributed by atoms with Gasteiger partial charge in [0.1, 0.15) is 12.1 Å². The Morgan fingerprint density at radius 1 is 1.09 bits per heavy atom. The van der Waals surface area contributed by atoms with Crippen molar-refractivity contribution in [1.82, 2.24) is 10.3 Å². The zero-order chi connectivity index (χ0) is 24.4. The van der Waals surface area contributed by atoms with E-state index in [1.165, 1.54) is 31.9 Å². The van der Waals surface area contributed by atoms with Gasteiger partial charge in [-0.1, -0.05) is 44.2 Å². The lowest BCUT2D eigenvalue weighted by Gasteiger charge is -2.28. The first-order valence-corrected chi connectivity index (χ1v) is 11.1. The van der Waals surface area contributed by atoms with E-state index in [1.54, 1.807) is 0 Å². The van der Waals surface area contributed by atoms with Crippen LogP contribution in [-0.4, -0.2) is 53.9 Å². The topological polar surface area (TPSA) is 107 Å². The number of hydrogen-bond donors (Lipinski definition) is 2. The van der Waals surface area contributed by atoms with E-state index in [0.29, 0.717) is 6.61 Å². The van der Waals surface area contributed by atoms with Crippen molar-refractivity contribution in [3.8, 4) is 11.5 Å². The summed E-state index contributed by atoms with van der Waals surface area (Å²) in [5.74, 6) is -1.56. The van der Waals surface area contributed by atoms with Crippen molar-refractivity contribution >= 4 is 11.9 Å². The summed E-state index contributed by atoms with van der Waals surface area (Å²) >= 11 is 0. The molecule has 2 N–H and O–H groups in total. The van der Waals surface area contributed by atoms with Gasteiger partial charge in [0.25, 0.3) is 5.91 Å². The molecule has 8 heteroatoms. The van der Waals surface area contributed by atoms with E-state index < -0.39 is 29.8 Å². The summed E-state index contributed by atoms with van der Waals surface area (Å²) < 4.78 is 16.6. The summed E-state index contributed by atoms with van der Waals surface area (Å²) in [7, 11) is 1.37. The van der Waals surface area contributed by atoms with Crippen LogP contribution in [0.15, 0.2) is 42.6 Å². The molecule has 0 radical (unpaired) electrons. The van der Waals surface area contributed by atoms with E-state index in [-0.39, 0.29) is 23.5 Å². The van der Waals surface area contributed by atoms with Crippen molar-refractivity contribution in [2.75, 3.05) is 13.7 Å². The number of rotatable bonds is 12. The molecule has 1 heterocycles. The number of benzene rings is 1. The minimum Gasteiger partial charge on any atom is -0.503 e. The normalized spacial score (nSPS) is 13.8. The molecular weight excluding hydrogens is 424 g/mol. The van der Waals surface area contributed by atoms with Gasteiger partial charge in [0.15, 0.2) is 17.2 Å². The Morgan fingerprint density at radius 2 is 1.79 bits per heavy atom. The number of hydrogen-bond acceptors (Lipinski definition) is 7. The quantitative estimate of drug-likeness (QED) is 0.370. The van der Waals surface area contributed by atoms with Crippen LogP contribution in [0.5, 0.6) is 11.5 Å². The van der Waals surface area contributed by atoms with Crippen LogP contribution in [0.2, 0.25) is 0 Å². The average molecular weight is 459 g/mol. The predicted molar refractivity (Wildman–Crippen MR) is 124 cm³/mol. The van der Waals surface area contributed by atoms with E-state index >= 15 is 0 Å². The Morgan fingerprint density at radius 3 is 2.42 bits per heavy atom. The maximum atomic E-state index is 12.7. The van der Waals surface area contributed by atoms with Gasteiger partial charge in [0.05, 0.1) is 13.2 Å². The van der Waals surface area contributed by atoms with E-state index in [1.807, 2.05) is 39.0 Å². The van der Waals surface area contributed by atoms with Crippen molar-refractivity contribution in [1.29, 1.82) is 0 Å². The lowest BCUT2D eigenvalue weighted by atomic mass is 10.0. The third-order valence-electron chi connectivity index (χ3n) is 5.23. The number of aryl methyl sites for hydroxylation is 1. The van der Waals surface area contributed by atoms with Crippen molar-refractivity contribution in [2.45, 2.75) is 58.8 Å². The maximum absolute atomic E-state index is 12.7. The molecular formula is C25H34N2O6. The number of methoxy groups -OCH3 is 1.